The number of aromatic nitrogens is 4. The molecule has 2 aromatic heterocycles. The number of hydrogen-bond donors (Lipinski definition) is 1. The van der Waals surface area contributed by atoms with Crippen molar-refractivity contribution in [1.29, 1.82) is 0 Å². The van der Waals surface area contributed by atoms with E-state index in [0.29, 0.717) is 6.04 Å². The van der Waals surface area contributed by atoms with E-state index in [2.05, 4.69) is 36.9 Å². The number of H-pyrrole nitrogens is 1. The van der Waals surface area contributed by atoms with Crippen LogP contribution < -0.4 is 9.64 Å². The summed E-state index contributed by atoms with van der Waals surface area (Å²) in [6, 6.07) is 8.44. The van der Waals surface area contributed by atoms with Gasteiger partial charge >= 0.3 is 0 Å². The molecular weight excluding hydrogens is 380 g/mol. The molecule has 0 spiro atoms. The van der Waals surface area contributed by atoms with Crippen molar-refractivity contribution in [3.05, 3.63) is 30.6 Å². The normalized spacial score (nSPS) is 17.8. The van der Waals surface area contributed by atoms with E-state index >= 15 is 0 Å². The quantitative estimate of drug-likeness (QED) is 0.641. The van der Waals surface area contributed by atoms with Gasteiger partial charge in [0.05, 0.1) is 23.9 Å². The number of hydrogen-bond acceptors (Lipinski definition) is 7. The lowest BCUT2D eigenvalue weighted by atomic mass is 10.1. The average Bonchev–Trinajstić information content (AvgIpc) is 3.16. The topological polar surface area (TPSA) is 79.4 Å². The predicted octanol–water partition coefficient (Wildman–Crippen LogP) is 2.96. The van der Waals surface area contributed by atoms with Crippen LogP contribution in [-0.2, 0) is 4.74 Å². The van der Waals surface area contributed by atoms with Crippen LogP contribution in [0.2, 0.25) is 0 Å². The van der Waals surface area contributed by atoms with Crippen LogP contribution in [0, 0.1) is 0 Å². The Morgan fingerprint density at radius 3 is 2.83 bits per heavy atom. The fourth-order valence-electron chi connectivity index (χ4n) is 3.93. The van der Waals surface area contributed by atoms with Gasteiger partial charge in [0.15, 0.2) is 0 Å². The third-order valence-electron chi connectivity index (χ3n) is 5.47. The molecule has 1 fully saturated rings. The van der Waals surface area contributed by atoms with Gasteiger partial charge in [0.2, 0.25) is 0 Å². The molecule has 0 bridgehead atoms. The Bertz CT molecular complexity index is 989. The molecule has 1 N–H and O–H groups in total. The van der Waals surface area contributed by atoms with Crippen molar-refractivity contribution in [3.63, 3.8) is 0 Å². The van der Waals surface area contributed by atoms with E-state index in [1.807, 2.05) is 38.1 Å². The van der Waals surface area contributed by atoms with Gasteiger partial charge in [-0.25, -0.2) is 9.97 Å². The lowest BCUT2D eigenvalue weighted by Crippen LogP contribution is -2.53. The summed E-state index contributed by atoms with van der Waals surface area (Å²) in [5, 5.41) is 8.62. The van der Waals surface area contributed by atoms with Crippen molar-refractivity contribution >= 4 is 16.7 Å². The molecule has 30 heavy (non-hydrogen) atoms. The number of methoxy groups -OCH3 is 1. The van der Waals surface area contributed by atoms with Gasteiger partial charge in [0.1, 0.15) is 23.6 Å². The number of fused-ring (bicyclic) bond motifs is 1. The Labute approximate surface area is 177 Å². The number of nitrogens with one attached hydrogen (secondary N) is 1. The Morgan fingerprint density at radius 2 is 2.07 bits per heavy atom. The number of anilines is 1. The Kier molecular flexibility index (Phi) is 6.15. The maximum absolute atomic E-state index is 5.86. The van der Waals surface area contributed by atoms with Gasteiger partial charge in [0, 0.05) is 50.8 Å². The zero-order valence-electron chi connectivity index (χ0n) is 18.1. The second-order valence-electron chi connectivity index (χ2n) is 8.03. The third kappa shape index (κ3) is 4.39. The molecule has 160 valence electrons. The highest BCUT2D eigenvalue weighted by molar-refractivity contribution is 5.93. The second kappa shape index (κ2) is 8.97. The lowest BCUT2D eigenvalue weighted by molar-refractivity contribution is 0.117. The highest BCUT2D eigenvalue weighted by atomic mass is 16.5. The van der Waals surface area contributed by atoms with Gasteiger partial charge < -0.3 is 14.4 Å². The minimum absolute atomic E-state index is 0.119. The first-order valence-corrected chi connectivity index (χ1v) is 10.5. The predicted molar refractivity (Wildman–Crippen MR) is 118 cm³/mol. The van der Waals surface area contributed by atoms with Crippen LogP contribution in [0.1, 0.15) is 20.8 Å². The molecule has 1 unspecified atom stereocenters. The minimum Gasteiger partial charge on any atom is -0.491 e. The van der Waals surface area contributed by atoms with Crippen molar-refractivity contribution in [2.75, 3.05) is 44.8 Å². The molecule has 3 aromatic rings. The molecule has 1 aromatic carbocycles. The van der Waals surface area contributed by atoms with E-state index in [4.69, 9.17) is 9.47 Å². The Hall–Kier alpha value is -2.71. The van der Waals surface area contributed by atoms with Crippen molar-refractivity contribution in [1.82, 2.24) is 25.1 Å². The molecule has 0 aliphatic carbocycles. The molecule has 0 amide bonds. The zero-order valence-corrected chi connectivity index (χ0v) is 18.1. The molecule has 1 aliphatic rings. The van der Waals surface area contributed by atoms with Crippen molar-refractivity contribution < 1.29 is 9.47 Å². The number of rotatable bonds is 7. The Morgan fingerprint density at radius 1 is 1.20 bits per heavy atom. The number of benzene rings is 1. The van der Waals surface area contributed by atoms with Crippen LogP contribution >= 0.6 is 0 Å². The van der Waals surface area contributed by atoms with E-state index in [-0.39, 0.29) is 6.10 Å². The van der Waals surface area contributed by atoms with Crippen molar-refractivity contribution in [3.8, 4) is 17.1 Å². The largest absolute Gasteiger partial charge is 0.491 e. The molecule has 8 heteroatoms. The second-order valence-corrected chi connectivity index (χ2v) is 8.03. The summed E-state index contributed by atoms with van der Waals surface area (Å²) < 4.78 is 11.1. The first-order valence-electron chi connectivity index (χ1n) is 10.5. The van der Waals surface area contributed by atoms with Crippen LogP contribution in [0.3, 0.4) is 0 Å². The van der Waals surface area contributed by atoms with E-state index < -0.39 is 0 Å². The number of nitrogens with zero attached hydrogens (tertiary/aromatic N) is 5. The lowest BCUT2D eigenvalue weighted by Gasteiger charge is -2.40. The molecule has 4 rings (SSSR count). The van der Waals surface area contributed by atoms with E-state index in [0.717, 1.165) is 66.6 Å². The molecule has 1 saturated heterocycles. The van der Waals surface area contributed by atoms with Crippen LogP contribution in [0.15, 0.2) is 30.6 Å². The molecule has 3 heterocycles. The number of aromatic amines is 1. The van der Waals surface area contributed by atoms with Gasteiger partial charge in [-0.15, -0.1) is 0 Å². The number of piperazine rings is 1. The van der Waals surface area contributed by atoms with Crippen molar-refractivity contribution in [2.45, 2.75) is 32.9 Å². The van der Waals surface area contributed by atoms with Gasteiger partial charge in [-0.2, -0.15) is 5.10 Å². The highest BCUT2D eigenvalue weighted by Gasteiger charge is 2.24. The fourth-order valence-corrected chi connectivity index (χ4v) is 3.93. The monoisotopic (exact) mass is 410 g/mol. The van der Waals surface area contributed by atoms with Crippen LogP contribution in [0.5, 0.6) is 5.75 Å². The highest BCUT2D eigenvalue weighted by Crippen LogP contribution is 2.30. The summed E-state index contributed by atoms with van der Waals surface area (Å²) in [6.45, 7) is 10.9. The summed E-state index contributed by atoms with van der Waals surface area (Å²) in [5.74, 6) is 1.76. The van der Waals surface area contributed by atoms with Gasteiger partial charge in [-0.3, -0.25) is 10.00 Å². The van der Waals surface area contributed by atoms with Crippen LogP contribution in [0.25, 0.3) is 22.3 Å². The van der Waals surface area contributed by atoms with Gasteiger partial charge in [-0.05, 0) is 39.0 Å². The third-order valence-corrected chi connectivity index (χ3v) is 5.47. The van der Waals surface area contributed by atoms with Crippen molar-refractivity contribution in [2.24, 2.45) is 0 Å². The average molecular weight is 411 g/mol. The number of ether oxygens (including phenoxy) is 2. The summed E-state index contributed by atoms with van der Waals surface area (Å²) in [6.07, 6.45) is 1.75. The molecule has 0 saturated carbocycles. The summed E-state index contributed by atoms with van der Waals surface area (Å²) in [4.78, 5) is 13.8. The van der Waals surface area contributed by atoms with Gasteiger partial charge in [0.25, 0.3) is 0 Å². The minimum atomic E-state index is 0.119. The molecule has 1 atom stereocenters. The molecule has 0 radical (unpaired) electrons. The summed E-state index contributed by atoms with van der Waals surface area (Å²) in [7, 11) is 1.75. The smallest absolute Gasteiger partial charge is 0.132 e. The maximum atomic E-state index is 5.86. The first-order chi connectivity index (χ1) is 14.5. The fraction of sp³-hybridized carbons (Fsp3) is 0.500. The van der Waals surface area contributed by atoms with E-state index in [1.54, 1.807) is 13.4 Å². The zero-order chi connectivity index (χ0) is 21.1. The van der Waals surface area contributed by atoms with E-state index in [1.165, 1.54) is 0 Å². The van der Waals surface area contributed by atoms with Crippen LogP contribution in [-0.4, -0.2) is 77.1 Å². The van der Waals surface area contributed by atoms with Crippen LogP contribution in [0.4, 0.5) is 5.82 Å². The summed E-state index contributed by atoms with van der Waals surface area (Å²) >= 11 is 0. The molecule has 1 aliphatic heterocycles. The van der Waals surface area contributed by atoms with Gasteiger partial charge in [-0.1, -0.05) is 0 Å². The van der Waals surface area contributed by atoms with E-state index in [9.17, 15) is 0 Å². The SMILES string of the molecule is COCCN1CCN(c2cc(-c3n[nH]c4ccc(OC(C)C)cc34)ncn2)CC1C. The first kappa shape index (κ1) is 20.6. The summed E-state index contributed by atoms with van der Waals surface area (Å²) in [5.41, 5.74) is 2.58. The Balaban J connectivity index is 1.57. The standard InChI is InChI=1S/C22H30N6O2/c1-15(2)30-17-5-6-19-18(11-17)22(26-25-19)20-12-21(24-14-23-20)28-8-7-27(9-10-29-4)16(3)13-28/h5-6,11-12,14-16H,7-10,13H2,1-4H3,(H,25,26). The maximum Gasteiger partial charge on any atom is 0.132 e. The molecule has 8 nitrogen and oxygen atoms in total. The molecular formula is C22H30N6O2.